The van der Waals surface area contributed by atoms with Crippen molar-refractivity contribution in [2.45, 2.75) is 51.6 Å². The minimum Gasteiger partial charge on any atom is -0.329 e. The van der Waals surface area contributed by atoms with Gasteiger partial charge in [0.05, 0.1) is 12.6 Å². The van der Waals surface area contributed by atoms with E-state index in [1.54, 1.807) is 14.0 Å². The van der Waals surface area contributed by atoms with Gasteiger partial charge >= 0.3 is 0 Å². The number of rotatable bonds is 5. The van der Waals surface area contributed by atoms with Crippen molar-refractivity contribution in [2.24, 2.45) is 5.92 Å². The van der Waals surface area contributed by atoms with Gasteiger partial charge in [0.25, 0.3) is 0 Å². The van der Waals surface area contributed by atoms with Gasteiger partial charge in [-0.3, -0.25) is 4.79 Å². The fraction of sp³-hybridized carbons (Fsp3) is 0.846. The highest BCUT2D eigenvalue weighted by atomic mass is 16.2. The highest BCUT2D eigenvalue weighted by Gasteiger charge is 2.24. The molecule has 0 aromatic carbocycles. The summed E-state index contributed by atoms with van der Waals surface area (Å²) in [6.45, 7) is 4.31. The molecule has 0 aromatic rings. The molecule has 0 aromatic heterocycles. The molecule has 1 saturated carbocycles. The van der Waals surface area contributed by atoms with Crippen LogP contribution in [0.15, 0.2) is 0 Å². The monoisotopic (exact) mass is 237 g/mol. The maximum atomic E-state index is 11.8. The van der Waals surface area contributed by atoms with Gasteiger partial charge in [-0.15, -0.1) is 0 Å². The molecule has 2 unspecified atom stereocenters. The highest BCUT2D eigenvalue weighted by molar-refractivity contribution is 5.78. The van der Waals surface area contributed by atoms with Gasteiger partial charge in [-0.2, -0.15) is 5.26 Å². The van der Waals surface area contributed by atoms with Crippen LogP contribution in [-0.2, 0) is 4.79 Å². The number of carbonyl (C=O) groups is 1. The third kappa shape index (κ3) is 4.01. The Labute approximate surface area is 104 Å². The van der Waals surface area contributed by atoms with E-state index in [1.165, 1.54) is 30.6 Å². The normalized spacial score (nSPS) is 25.3. The molecule has 0 heterocycles. The van der Waals surface area contributed by atoms with Crippen LogP contribution in [0, 0.1) is 17.2 Å². The van der Waals surface area contributed by atoms with E-state index < -0.39 is 0 Å². The van der Waals surface area contributed by atoms with Crippen LogP contribution < -0.4 is 5.32 Å². The minimum absolute atomic E-state index is 0.000927. The van der Waals surface area contributed by atoms with Crippen LogP contribution >= 0.6 is 0 Å². The van der Waals surface area contributed by atoms with Gasteiger partial charge in [-0.1, -0.05) is 13.3 Å². The minimum atomic E-state index is -0.351. The first-order valence-electron chi connectivity index (χ1n) is 6.47. The molecule has 0 aliphatic heterocycles. The van der Waals surface area contributed by atoms with Crippen molar-refractivity contribution in [3.8, 4) is 6.07 Å². The Morgan fingerprint density at radius 1 is 1.59 bits per heavy atom. The molecule has 0 radical (unpaired) electrons. The molecule has 3 atom stereocenters. The average molecular weight is 237 g/mol. The summed E-state index contributed by atoms with van der Waals surface area (Å²) >= 11 is 0. The van der Waals surface area contributed by atoms with Crippen molar-refractivity contribution in [3.05, 3.63) is 0 Å². The van der Waals surface area contributed by atoms with Gasteiger partial charge in [0.15, 0.2) is 0 Å². The number of nitrogens with one attached hydrogen (secondary N) is 1. The Morgan fingerprint density at radius 3 is 2.82 bits per heavy atom. The largest absolute Gasteiger partial charge is 0.329 e. The molecular formula is C13H23N3O. The standard InChI is InChI=1S/C13H23N3O/c1-4-11-5-6-12(7-11)15-9-13(17)16(3)10(2)8-14/h10-12,15H,4-7,9H2,1-3H3/t10-,11?,12?/m0/s1. The summed E-state index contributed by atoms with van der Waals surface area (Å²) in [5, 5.41) is 12.0. The van der Waals surface area contributed by atoms with Gasteiger partial charge < -0.3 is 10.2 Å². The molecule has 1 aliphatic carbocycles. The van der Waals surface area contributed by atoms with E-state index in [-0.39, 0.29) is 11.9 Å². The lowest BCUT2D eigenvalue weighted by molar-refractivity contribution is -0.129. The molecular weight excluding hydrogens is 214 g/mol. The molecule has 1 aliphatic rings. The number of nitrogens with zero attached hydrogens (tertiary/aromatic N) is 2. The molecule has 1 N–H and O–H groups in total. The second-order valence-corrected chi connectivity index (χ2v) is 4.97. The van der Waals surface area contributed by atoms with Crippen LogP contribution in [0.2, 0.25) is 0 Å². The predicted octanol–water partition coefficient (Wildman–Crippen LogP) is 1.53. The predicted molar refractivity (Wildman–Crippen MR) is 67.3 cm³/mol. The second kappa shape index (κ2) is 6.61. The number of carbonyl (C=O) groups excluding carboxylic acids is 1. The van der Waals surface area contributed by atoms with Gasteiger partial charge in [0.1, 0.15) is 6.04 Å². The van der Waals surface area contributed by atoms with Crippen molar-refractivity contribution in [3.63, 3.8) is 0 Å². The number of hydrogen-bond acceptors (Lipinski definition) is 3. The highest BCUT2D eigenvalue weighted by Crippen LogP contribution is 2.27. The first-order valence-corrected chi connectivity index (χ1v) is 6.47. The van der Waals surface area contributed by atoms with E-state index in [9.17, 15) is 4.79 Å². The molecule has 1 amide bonds. The SMILES string of the molecule is CCC1CCC(NCC(=O)N(C)[C@@H](C)C#N)C1. The molecule has 4 nitrogen and oxygen atoms in total. The topological polar surface area (TPSA) is 56.1 Å². The molecule has 17 heavy (non-hydrogen) atoms. The summed E-state index contributed by atoms with van der Waals surface area (Å²) in [6.07, 6.45) is 4.86. The Kier molecular flexibility index (Phi) is 5.43. The lowest BCUT2D eigenvalue weighted by atomic mass is 10.1. The van der Waals surface area contributed by atoms with Crippen LogP contribution in [0.4, 0.5) is 0 Å². The second-order valence-electron chi connectivity index (χ2n) is 4.97. The van der Waals surface area contributed by atoms with Crippen LogP contribution in [0.1, 0.15) is 39.5 Å². The van der Waals surface area contributed by atoms with Gasteiger partial charge in [-0.05, 0) is 32.1 Å². The van der Waals surface area contributed by atoms with E-state index in [4.69, 9.17) is 5.26 Å². The summed E-state index contributed by atoms with van der Waals surface area (Å²) in [7, 11) is 1.68. The lowest BCUT2D eigenvalue weighted by Crippen LogP contribution is -2.42. The third-order valence-electron chi connectivity index (χ3n) is 3.82. The summed E-state index contributed by atoms with van der Waals surface area (Å²) < 4.78 is 0. The summed E-state index contributed by atoms with van der Waals surface area (Å²) in [6, 6.07) is 2.20. The van der Waals surface area contributed by atoms with E-state index in [1.807, 2.05) is 0 Å². The molecule has 0 spiro atoms. The van der Waals surface area contributed by atoms with Crippen LogP contribution in [0.25, 0.3) is 0 Å². The zero-order chi connectivity index (χ0) is 12.8. The maximum absolute atomic E-state index is 11.8. The van der Waals surface area contributed by atoms with E-state index in [0.717, 1.165) is 5.92 Å². The summed E-state index contributed by atoms with van der Waals surface area (Å²) in [5.41, 5.74) is 0. The van der Waals surface area contributed by atoms with Crippen molar-refractivity contribution >= 4 is 5.91 Å². The van der Waals surface area contributed by atoms with E-state index in [0.29, 0.717) is 12.6 Å². The number of likely N-dealkylation sites (N-methyl/N-ethyl adjacent to an activating group) is 1. The van der Waals surface area contributed by atoms with Crippen LogP contribution in [0.3, 0.4) is 0 Å². The zero-order valence-electron chi connectivity index (χ0n) is 11.1. The van der Waals surface area contributed by atoms with Crippen molar-refractivity contribution in [2.75, 3.05) is 13.6 Å². The molecule has 4 heteroatoms. The van der Waals surface area contributed by atoms with Gasteiger partial charge in [-0.25, -0.2) is 0 Å². The van der Waals surface area contributed by atoms with E-state index >= 15 is 0 Å². The molecule has 96 valence electrons. The maximum Gasteiger partial charge on any atom is 0.237 e. The summed E-state index contributed by atoms with van der Waals surface area (Å²) in [4.78, 5) is 13.3. The third-order valence-corrected chi connectivity index (χ3v) is 3.82. The average Bonchev–Trinajstić information content (AvgIpc) is 2.81. The van der Waals surface area contributed by atoms with Crippen LogP contribution in [0.5, 0.6) is 0 Å². The first kappa shape index (κ1) is 14.0. The Bertz CT molecular complexity index is 298. The fourth-order valence-corrected chi connectivity index (χ4v) is 2.29. The zero-order valence-corrected chi connectivity index (χ0v) is 11.1. The Balaban J connectivity index is 2.27. The molecule has 0 saturated heterocycles. The van der Waals surface area contributed by atoms with Crippen molar-refractivity contribution in [1.29, 1.82) is 5.26 Å². The Hall–Kier alpha value is -1.08. The quantitative estimate of drug-likeness (QED) is 0.789. The first-order chi connectivity index (χ1) is 8.08. The van der Waals surface area contributed by atoms with Crippen LogP contribution in [-0.4, -0.2) is 36.5 Å². The van der Waals surface area contributed by atoms with Crippen molar-refractivity contribution < 1.29 is 4.79 Å². The number of hydrogen-bond donors (Lipinski definition) is 1. The van der Waals surface area contributed by atoms with Crippen molar-refractivity contribution in [1.82, 2.24) is 10.2 Å². The molecule has 1 rings (SSSR count). The van der Waals surface area contributed by atoms with E-state index in [2.05, 4.69) is 18.3 Å². The molecule has 0 bridgehead atoms. The van der Waals surface area contributed by atoms with Gasteiger partial charge in [0.2, 0.25) is 5.91 Å². The van der Waals surface area contributed by atoms with Gasteiger partial charge in [0, 0.05) is 13.1 Å². The fourth-order valence-electron chi connectivity index (χ4n) is 2.29. The lowest BCUT2D eigenvalue weighted by Gasteiger charge is -2.21. The number of nitriles is 1. The smallest absolute Gasteiger partial charge is 0.237 e. The summed E-state index contributed by atoms with van der Waals surface area (Å²) in [5.74, 6) is 0.817. The Morgan fingerprint density at radius 2 is 2.29 bits per heavy atom. The number of amides is 1. The molecule has 1 fully saturated rings.